The van der Waals surface area contributed by atoms with Gasteiger partial charge in [-0.15, -0.1) is 0 Å². The number of amides is 1. The summed E-state index contributed by atoms with van der Waals surface area (Å²) in [4.78, 5) is 29.4. The number of carbonyl (C=O) groups excluding carboxylic acids is 1. The zero-order valence-electron chi connectivity index (χ0n) is 16.6. The first kappa shape index (κ1) is 20.4. The van der Waals surface area contributed by atoms with Gasteiger partial charge in [-0.3, -0.25) is 4.79 Å². The summed E-state index contributed by atoms with van der Waals surface area (Å²) < 4.78 is 26.8. The maximum Gasteiger partial charge on any atom is 0.248 e. The van der Waals surface area contributed by atoms with E-state index in [1.165, 1.54) is 18.5 Å². The molecule has 3 aromatic rings. The van der Waals surface area contributed by atoms with Gasteiger partial charge in [-0.05, 0) is 36.4 Å². The highest BCUT2D eigenvalue weighted by Gasteiger charge is 2.19. The van der Waals surface area contributed by atoms with E-state index in [9.17, 15) is 13.6 Å². The summed E-state index contributed by atoms with van der Waals surface area (Å²) in [6.07, 6.45) is 7.15. The normalized spacial score (nSPS) is 14.1. The predicted octanol–water partition coefficient (Wildman–Crippen LogP) is 3.13. The SMILES string of the molecule is O=C(/C=C/c1cc(F)ccc1F)Nc1cnc(N2CCN(c3ccccn3)CC2)nc1. The molecule has 0 saturated carbocycles. The monoisotopic (exact) mass is 422 g/mol. The average molecular weight is 422 g/mol. The Morgan fingerprint density at radius 3 is 2.42 bits per heavy atom. The number of anilines is 3. The van der Waals surface area contributed by atoms with Crippen molar-refractivity contribution in [2.24, 2.45) is 0 Å². The molecular formula is C22H20F2N6O. The molecule has 1 aliphatic heterocycles. The molecule has 158 valence electrons. The molecule has 1 aromatic carbocycles. The molecule has 0 spiro atoms. The Bertz CT molecular complexity index is 1070. The van der Waals surface area contributed by atoms with Crippen LogP contribution in [0.5, 0.6) is 0 Å². The van der Waals surface area contributed by atoms with Crippen LogP contribution in [0.25, 0.3) is 6.08 Å². The van der Waals surface area contributed by atoms with Crippen LogP contribution in [0.15, 0.2) is 61.1 Å². The van der Waals surface area contributed by atoms with E-state index >= 15 is 0 Å². The molecule has 1 fully saturated rings. The van der Waals surface area contributed by atoms with Gasteiger partial charge in [0.05, 0.1) is 18.1 Å². The molecular weight excluding hydrogens is 402 g/mol. The maximum absolute atomic E-state index is 13.6. The zero-order chi connectivity index (χ0) is 21.6. The number of nitrogens with one attached hydrogen (secondary N) is 1. The van der Waals surface area contributed by atoms with Crippen LogP contribution in [0.2, 0.25) is 0 Å². The fourth-order valence-electron chi connectivity index (χ4n) is 3.22. The van der Waals surface area contributed by atoms with Crippen molar-refractivity contribution in [2.45, 2.75) is 0 Å². The van der Waals surface area contributed by atoms with Crippen molar-refractivity contribution in [3.05, 3.63) is 78.3 Å². The minimum Gasteiger partial charge on any atom is -0.353 e. The standard InChI is InChI=1S/C22H20F2N6O/c23-17-5-6-19(24)16(13-17)4-7-21(31)28-18-14-26-22(27-15-18)30-11-9-29(10-12-30)20-3-1-2-8-25-20/h1-8,13-15H,9-12H2,(H,28,31)/b7-4+. The summed E-state index contributed by atoms with van der Waals surface area (Å²) in [7, 11) is 0. The summed E-state index contributed by atoms with van der Waals surface area (Å²) >= 11 is 0. The second-order valence-corrected chi connectivity index (χ2v) is 6.92. The first-order chi connectivity index (χ1) is 15.1. The molecule has 9 heteroatoms. The third-order valence-corrected chi connectivity index (χ3v) is 4.81. The molecule has 1 amide bonds. The van der Waals surface area contributed by atoms with Gasteiger partial charge in [-0.2, -0.15) is 0 Å². The van der Waals surface area contributed by atoms with Gasteiger partial charge in [-0.25, -0.2) is 23.7 Å². The predicted molar refractivity (Wildman–Crippen MR) is 115 cm³/mol. The lowest BCUT2D eigenvalue weighted by Crippen LogP contribution is -2.47. The number of halogens is 2. The quantitative estimate of drug-likeness (QED) is 0.637. The molecule has 0 aliphatic carbocycles. The number of rotatable bonds is 5. The molecule has 7 nitrogen and oxygen atoms in total. The summed E-state index contributed by atoms with van der Waals surface area (Å²) in [5, 5.41) is 2.60. The minimum absolute atomic E-state index is 0.00778. The first-order valence-electron chi connectivity index (χ1n) is 9.75. The molecule has 0 atom stereocenters. The highest BCUT2D eigenvalue weighted by molar-refractivity contribution is 6.01. The maximum atomic E-state index is 13.6. The summed E-state index contributed by atoms with van der Waals surface area (Å²) in [5.41, 5.74) is 0.400. The van der Waals surface area contributed by atoms with Crippen molar-refractivity contribution in [1.29, 1.82) is 0 Å². The van der Waals surface area contributed by atoms with Crippen molar-refractivity contribution in [1.82, 2.24) is 15.0 Å². The van der Waals surface area contributed by atoms with E-state index in [2.05, 4.69) is 30.1 Å². The van der Waals surface area contributed by atoms with Crippen molar-refractivity contribution in [2.75, 3.05) is 41.3 Å². The number of benzene rings is 1. The van der Waals surface area contributed by atoms with Crippen molar-refractivity contribution in [3.63, 3.8) is 0 Å². The molecule has 4 rings (SSSR count). The third-order valence-electron chi connectivity index (χ3n) is 4.81. The molecule has 3 heterocycles. The molecule has 0 unspecified atom stereocenters. The fraction of sp³-hybridized carbons (Fsp3) is 0.182. The molecule has 0 bridgehead atoms. The van der Waals surface area contributed by atoms with E-state index in [0.29, 0.717) is 11.6 Å². The lowest BCUT2D eigenvalue weighted by molar-refractivity contribution is -0.111. The molecule has 1 N–H and O–H groups in total. The van der Waals surface area contributed by atoms with Crippen LogP contribution in [0.4, 0.5) is 26.2 Å². The number of carbonyl (C=O) groups is 1. The number of hydrogen-bond donors (Lipinski definition) is 1. The van der Waals surface area contributed by atoms with E-state index in [-0.39, 0.29) is 5.56 Å². The number of aromatic nitrogens is 3. The Labute approximate surface area is 178 Å². The van der Waals surface area contributed by atoms with Gasteiger partial charge >= 0.3 is 0 Å². The topological polar surface area (TPSA) is 74.2 Å². The van der Waals surface area contributed by atoms with Crippen LogP contribution in [0.1, 0.15) is 5.56 Å². The molecule has 1 saturated heterocycles. The summed E-state index contributed by atoms with van der Waals surface area (Å²) in [6.45, 7) is 3.12. The van der Waals surface area contributed by atoms with Gasteiger partial charge in [0, 0.05) is 44.0 Å². The summed E-state index contributed by atoms with van der Waals surface area (Å²) in [5.74, 6) is -0.153. The minimum atomic E-state index is -0.610. The molecule has 2 aromatic heterocycles. The van der Waals surface area contributed by atoms with Gasteiger partial charge in [0.1, 0.15) is 17.5 Å². The fourth-order valence-corrected chi connectivity index (χ4v) is 3.22. The number of hydrogen-bond acceptors (Lipinski definition) is 6. The van der Waals surface area contributed by atoms with Gasteiger partial charge in [0.2, 0.25) is 11.9 Å². The zero-order valence-corrected chi connectivity index (χ0v) is 16.6. The van der Waals surface area contributed by atoms with Crippen LogP contribution in [0, 0.1) is 11.6 Å². The van der Waals surface area contributed by atoms with E-state index in [4.69, 9.17) is 0 Å². The van der Waals surface area contributed by atoms with E-state index in [1.54, 1.807) is 6.20 Å². The van der Waals surface area contributed by atoms with Crippen LogP contribution < -0.4 is 15.1 Å². The second-order valence-electron chi connectivity index (χ2n) is 6.92. The smallest absolute Gasteiger partial charge is 0.248 e. The van der Waals surface area contributed by atoms with E-state index in [0.717, 1.165) is 56.3 Å². The Balaban J connectivity index is 1.32. The Hall–Kier alpha value is -3.88. The van der Waals surface area contributed by atoms with Crippen LogP contribution in [-0.4, -0.2) is 47.0 Å². The van der Waals surface area contributed by atoms with Gasteiger partial charge in [0.25, 0.3) is 0 Å². The number of nitrogens with zero attached hydrogens (tertiary/aromatic N) is 5. The molecule has 31 heavy (non-hydrogen) atoms. The highest BCUT2D eigenvalue weighted by atomic mass is 19.1. The second kappa shape index (κ2) is 9.29. The summed E-state index contributed by atoms with van der Waals surface area (Å²) in [6, 6.07) is 8.89. The van der Waals surface area contributed by atoms with Crippen LogP contribution >= 0.6 is 0 Å². The van der Waals surface area contributed by atoms with E-state index in [1.807, 2.05) is 18.2 Å². The van der Waals surface area contributed by atoms with Gasteiger partial charge in [-0.1, -0.05) is 6.07 Å². The Morgan fingerprint density at radius 1 is 0.968 bits per heavy atom. The average Bonchev–Trinajstić information content (AvgIpc) is 2.81. The van der Waals surface area contributed by atoms with Crippen LogP contribution in [-0.2, 0) is 4.79 Å². The van der Waals surface area contributed by atoms with Crippen molar-refractivity contribution in [3.8, 4) is 0 Å². The largest absolute Gasteiger partial charge is 0.353 e. The van der Waals surface area contributed by atoms with Gasteiger partial charge < -0.3 is 15.1 Å². The molecule has 1 aliphatic rings. The lowest BCUT2D eigenvalue weighted by Gasteiger charge is -2.35. The number of piperazine rings is 1. The van der Waals surface area contributed by atoms with Crippen molar-refractivity contribution < 1.29 is 13.6 Å². The Kier molecular flexibility index (Phi) is 6.11. The Morgan fingerprint density at radius 2 is 1.71 bits per heavy atom. The first-order valence-corrected chi connectivity index (χ1v) is 9.75. The third kappa shape index (κ3) is 5.19. The lowest BCUT2D eigenvalue weighted by atomic mass is 10.2. The highest BCUT2D eigenvalue weighted by Crippen LogP contribution is 2.17. The van der Waals surface area contributed by atoms with Crippen molar-refractivity contribution >= 4 is 29.4 Å². The number of pyridine rings is 1. The van der Waals surface area contributed by atoms with E-state index < -0.39 is 17.5 Å². The van der Waals surface area contributed by atoms with Crippen LogP contribution in [0.3, 0.4) is 0 Å². The van der Waals surface area contributed by atoms with Gasteiger partial charge in [0.15, 0.2) is 0 Å². The molecule has 0 radical (unpaired) electrons.